The van der Waals surface area contributed by atoms with Gasteiger partial charge < -0.3 is 15.3 Å². The second-order valence-corrected chi connectivity index (χ2v) is 13.7. The van der Waals surface area contributed by atoms with E-state index in [0.29, 0.717) is 10.9 Å². The summed E-state index contributed by atoms with van der Waals surface area (Å²) < 4.78 is 82.0. The van der Waals surface area contributed by atoms with Gasteiger partial charge in [-0.3, -0.25) is 14.7 Å². The number of nitrogens with zero attached hydrogens (tertiary/aromatic N) is 3. The highest BCUT2D eigenvalue weighted by Crippen LogP contribution is 2.47. The molecule has 2 fully saturated rings. The number of aliphatic carboxylic acids is 1. The first-order valence-corrected chi connectivity index (χ1v) is 17.3. The normalized spacial score (nSPS) is 18.2. The van der Waals surface area contributed by atoms with E-state index >= 15 is 0 Å². The number of piperidine rings is 2. The van der Waals surface area contributed by atoms with Gasteiger partial charge in [0.05, 0.1) is 12.2 Å². The number of likely N-dealkylation sites (tertiary alicyclic amines) is 2. The first kappa shape index (κ1) is 36.6. The number of hydrogen-bond donors (Lipinski definition) is 2. The molecule has 0 saturated carbocycles. The average molecular weight is 715 g/mol. The Labute approximate surface area is 291 Å². The summed E-state index contributed by atoms with van der Waals surface area (Å²) >= 11 is 0. The summed E-state index contributed by atoms with van der Waals surface area (Å²) in [5.74, 6) is -3.08. The Balaban J connectivity index is 1.28. The monoisotopic (exact) mass is 714 g/mol. The zero-order valence-electron chi connectivity index (χ0n) is 28.0. The van der Waals surface area contributed by atoms with Crippen LogP contribution in [0.3, 0.4) is 0 Å². The Bertz CT molecular complexity index is 1880. The molecule has 0 spiro atoms. The van der Waals surface area contributed by atoms with Crippen LogP contribution >= 0.6 is 0 Å². The predicted octanol–water partition coefficient (Wildman–Crippen LogP) is 7.40. The van der Waals surface area contributed by atoms with Crippen molar-refractivity contribution in [3.8, 4) is 11.3 Å². The summed E-state index contributed by atoms with van der Waals surface area (Å²) in [5, 5.41) is 15.7. The predicted molar refractivity (Wildman–Crippen MR) is 182 cm³/mol. The van der Waals surface area contributed by atoms with Gasteiger partial charge in [0.25, 0.3) is 0 Å². The second kappa shape index (κ2) is 14.8. The third kappa shape index (κ3) is 7.99. The first-order chi connectivity index (χ1) is 24.3. The highest BCUT2D eigenvalue weighted by atomic mass is 19.4. The maximum Gasteiger partial charge on any atom is 0.403 e. The van der Waals surface area contributed by atoms with Gasteiger partial charge in [0.1, 0.15) is 11.5 Å². The van der Waals surface area contributed by atoms with Crippen LogP contribution in [0.2, 0.25) is 0 Å². The Morgan fingerprint density at radius 3 is 2.18 bits per heavy atom. The zero-order valence-corrected chi connectivity index (χ0v) is 28.0. The molecular formula is C38H40F6N4O3. The lowest BCUT2D eigenvalue weighted by molar-refractivity contribution is -0.236. The number of carbonyl (C=O) groups is 2. The van der Waals surface area contributed by atoms with Crippen molar-refractivity contribution in [2.24, 2.45) is 5.41 Å². The topological polar surface area (TPSA) is 85.8 Å². The van der Waals surface area contributed by atoms with E-state index in [1.54, 1.807) is 24.4 Å². The lowest BCUT2D eigenvalue weighted by atomic mass is 9.76. The second-order valence-electron chi connectivity index (χ2n) is 13.7. The molecule has 3 heterocycles. The maximum absolute atomic E-state index is 14.4. The number of halogens is 6. The number of amides is 1. The third-order valence-electron chi connectivity index (χ3n) is 10.4. The standard InChI is InChI=1S/C38H40F6N4O3/c39-37(40,41)24-48-21-15-36(16-22-48,38(42,43)44)35(51)46-31(34(49)50)23-27-9-5-11-29-28(27)10-6-12-30(29)33-32-25(13-17-45-33)7-4-8-26(32)14-20-47-18-2-1-3-19-47/h4-13,17,31H,1-3,14-16,18-24H2,(H,46,51)(H,49,50)/t31-/m0/s1. The van der Waals surface area contributed by atoms with Crippen molar-refractivity contribution in [2.75, 3.05) is 39.3 Å². The summed E-state index contributed by atoms with van der Waals surface area (Å²) in [6.45, 7) is 0.473. The van der Waals surface area contributed by atoms with Crippen LogP contribution in [0.25, 0.3) is 32.8 Å². The number of carboxylic acid groups (broad SMARTS) is 1. The fraction of sp³-hybridized carbons (Fsp3) is 0.447. The fourth-order valence-electron chi connectivity index (χ4n) is 7.64. The molecule has 4 aromatic rings. The molecule has 1 atom stereocenters. The van der Waals surface area contributed by atoms with E-state index in [0.717, 1.165) is 63.9 Å². The number of aromatic nitrogens is 1. The molecule has 3 aromatic carbocycles. The van der Waals surface area contributed by atoms with E-state index in [1.807, 2.05) is 36.4 Å². The molecule has 7 nitrogen and oxygen atoms in total. The zero-order chi connectivity index (χ0) is 36.4. The van der Waals surface area contributed by atoms with Crippen molar-refractivity contribution in [2.45, 2.75) is 63.3 Å². The van der Waals surface area contributed by atoms with E-state index in [-0.39, 0.29) is 6.42 Å². The summed E-state index contributed by atoms with van der Waals surface area (Å²) in [5.41, 5.74) is 0.208. The number of fused-ring (bicyclic) bond motifs is 2. The molecule has 51 heavy (non-hydrogen) atoms. The van der Waals surface area contributed by atoms with Crippen molar-refractivity contribution in [3.63, 3.8) is 0 Å². The lowest BCUT2D eigenvalue weighted by Gasteiger charge is -2.42. The van der Waals surface area contributed by atoms with Gasteiger partial charge in [-0.2, -0.15) is 26.3 Å². The van der Waals surface area contributed by atoms with Crippen molar-refractivity contribution >= 4 is 33.4 Å². The van der Waals surface area contributed by atoms with Gasteiger partial charge in [-0.15, -0.1) is 0 Å². The summed E-state index contributed by atoms with van der Waals surface area (Å²) in [7, 11) is 0. The van der Waals surface area contributed by atoms with Gasteiger partial charge in [0.15, 0.2) is 0 Å². The molecule has 2 aliphatic rings. The number of rotatable bonds is 10. The van der Waals surface area contributed by atoms with Crippen LogP contribution in [-0.4, -0.2) is 89.4 Å². The van der Waals surface area contributed by atoms with Crippen LogP contribution in [0.4, 0.5) is 26.3 Å². The molecule has 272 valence electrons. The molecule has 2 N–H and O–H groups in total. The molecule has 2 saturated heterocycles. The van der Waals surface area contributed by atoms with E-state index in [9.17, 15) is 41.0 Å². The van der Waals surface area contributed by atoms with Crippen LogP contribution in [0, 0.1) is 5.41 Å². The molecule has 0 bridgehead atoms. The van der Waals surface area contributed by atoms with Crippen LogP contribution in [0.5, 0.6) is 0 Å². The van der Waals surface area contributed by atoms with Gasteiger partial charge in [-0.1, -0.05) is 61.0 Å². The molecule has 0 unspecified atom stereocenters. The van der Waals surface area contributed by atoms with Gasteiger partial charge in [0, 0.05) is 30.1 Å². The van der Waals surface area contributed by atoms with Crippen LogP contribution in [0.1, 0.15) is 43.2 Å². The quantitative estimate of drug-likeness (QED) is 0.167. The third-order valence-corrected chi connectivity index (χ3v) is 10.4. The van der Waals surface area contributed by atoms with Gasteiger partial charge >= 0.3 is 18.3 Å². The largest absolute Gasteiger partial charge is 0.480 e. The molecule has 6 rings (SSSR count). The van der Waals surface area contributed by atoms with Crippen molar-refractivity contribution in [3.05, 3.63) is 78.0 Å². The smallest absolute Gasteiger partial charge is 0.403 e. The van der Waals surface area contributed by atoms with Crippen LogP contribution < -0.4 is 5.32 Å². The molecule has 1 amide bonds. The lowest BCUT2D eigenvalue weighted by Crippen LogP contribution is -2.59. The summed E-state index contributed by atoms with van der Waals surface area (Å²) in [4.78, 5) is 33.9. The van der Waals surface area contributed by atoms with E-state index in [2.05, 4.69) is 16.3 Å². The SMILES string of the molecule is O=C(O)[C@H](Cc1cccc2c(-c3nccc4cccc(CCN5CCCCC5)c34)cccc12)NC(=O)C1(C(F)(F)F)CCN(CC(F)(F)F)CC1. The first-order valence-electron chi connectivity index (χ1n) is 17.3. The highest BCUT2D eigenvalue weighted by molar-refractivity contribution is 6.06. The van der Waals surface area contributed by atoms with Crippen LogP contribution in [-0.2, 0) is 22.4 Å². The number of nitrogens with one attached hydrogen (secondary N) is 1. The minimum Gasteiger partial charge on any atom is -0.480 e. The Kier molecular flexibility index (Phi) is 10.6. The maximum atomic E-state index is 14.4. The van der Waals surface area contributed by atoms with E-state index < -0.39 is 68.2 Å². The van der Waals surface area contributed by atoms with Gasteiger partial charge in [0.2, 0.25) is 5.91 Å². The van der Waals surface area contributed by atoms with Gasteiger partial charge in [-0.05, 0) is 91.6 Å². The molecular weight excluding hydrogens is 674 g/mol. The Morgan fingerprint density at radius 1 is 0.824 bits per heavy atom. The van der Waals surface area contributed by atoms with Crippen molar-refractivity contribution < 1.29 is 41.0 Å². The number of carbonyl (C=O) groups excluding carboxylic acids is 1. The molecule has 0 aliphatic carbocycles. The molecule has 1 aromatic heterocycles. The molecule has 2 aliphatic heterocycles. The summed E-state index contributed by atoms with van der Waals surface area (Å²) in [6.07, 6.45) is -5.63. The van der Waals surface area contributed by atoms with E-state index in [4.69, 9.17) is 4.98 Å². The van der Waals surface area contributed by atoms with Crippen LogP contribution in [0.15, 0.2) is 66.9 Å². The van der Waals surface area contributed by atoms with Crippen molar-refractivity contribution in [1.29, 1.82) is 0 Å². The number of hydrogen-bond acceptors (Lipinski definition) is 5. The minimum atomic E-state index is -5.10. The minimum absolute atomic E-state index is 0.319. The van der Waals surface area contributed by atoms with E-state index in [1.165, 1.54) is 19.3 Å². The number of pyridine rings is 1. The Hall–Kier alpha value is -4.23. The number of alkyl halides is 6. The fourth-order valence-corrected chi connectivity index (χ4v) is 7.64. The van der Waals surface area contributed by atoms with Gasteiger partial charge in [-0.25, -0.2) is 4.79 Å². The number of benzene rings is 3. The highest BCUT2D eigenvalue weighted by Gasteiger charge is 2.61. The Morgan fingerprint density at radius 2 is 1.49 bits per heavy atom. The molecule has 0 radical (unpaired) electrons. The number of carboxylic acids is 1. The average Bonchev–Trinajstić information content (AvgIpc) is 3.09. The summed E-state index contributed by atoms with van der Waals surface area (Å²) in [6, 6.07) is 17.3. The van der Waals surface area contributed by atoms with Crippen molar-refractivity contribution in [1.82, 2.24) is 20.1 Å². The molecule has 13 heteroatoms.